The molecule has 0 spiro atoms. The van der Waals surface area contributed by atoms with Crippen LogP contribution in [0.15, 0.2) is 17.2 Å². The molecule has 13 heavy (non-hydrogen) atoms. The summed E-state index contributed by atoms with van der Waals surface area (Å²) in [6.07, 6.45) is 6.93. The van der Waals surface area contributed by atoms with E-state index in [-0.39, 0.29) is 18.9 Å². The molecule has 1 heteroatoms. The van der Waals surface area contributed by atoms with Crippen LogP contribution in [0.5, 0.6) is 0 Å². The monoisotopic (exact) mass is 170 g/mol. The molecular formula is C12H19Li. The van der Waals surface area contributed by atoms with Gasteiger partial charge in [-0.3, -0.25) is 0 Å². The van der Waals surface area contributed by atoms with E-state index >= 15 is 0 Å². The first-order chi connectivity index (χ1) is 5.41. The smallest absolute Gasteiger partial charge is 0.249 e. The standard InChI is InChI=1S/C12H19.Li/c1-9(2)10-6-7-11(8-10)12(3,4)5;/h6,9H,7H2,1-5H3;/q-1;+1. The summed E-state index contributed by atoms with van der Waals surface area (Å²) < 4.78 is 0. The summed E-state index contributed by atoms with van der Waals surface area (Å²) in [5.74, 6) is 0.629. The minimum Gasteiger partial charge on any atom is -0.249 e. The molecule has 1 rings (SSSR count). The van der Waals surface area contributed by atoms with Gasteiger partial charge >= 0.3 is 18.9 Å². The molecule has 0 radical (unpaired) electrons. The second kappa shape index (κ2) is 4.54. The first-order valence-electron chi connectivity index (χ1n) is 4.74. The van der Waals surface area contributed by atoms with Crippen molar-refractivity contribution in [3.05, 3.63) is 23.3 Å². The second-order valence-corrected chi connectivity index (χ2v) is 4.87. The van der Waals surface area contributed by atoms with Gasteiger partial charge in [0.2, 0.25) is 0 Å². The van der Waals surface area contributed by atoms with Crippen LogP contribution in [0.2, 0.25) is 0 Å². The van der Waals surface area contributed by atoms with Gasteiger partial charge in [-0.1, -0.05) is 47.0 Å². The molecule has 0 nitrogen and oxygen atoms in total. The topological polar surface area (TPSA) is 0 Å². The SMILES string of the molecule is CC(C)C1=CCC(C(C)(C)C)=[C-]1.[Li+]. The summed E-state index contributed by atoms with van der Waals surface area (Å²) in [5.41, 5.74) is 3.14. The molecular weight excluding hydrogens is 151 g/mol. The summed E-state index contributed by atoms with van der Waals surface area (Å²) >= 11 is 0. The van der Waals surface area contributed by atoms with Crippen LogP contribution in [0.1, 0.15) is 41.0 Å². The average Bonchev–Trinajstić information content (AvgIpc) is 2.30. The fourth-order valence-corrected chi connectivity index (χ4v) is 1.36. The summed E-state index contributed by atoms with van der Waals surface area (Å²) in [6, 6.07) is 0. The zero-order valence-corrected chi connectivity index (χ0v) is 9.86. The molecule has 1 aliphatic rings. The fraction of sp³-hybridized carbons (Fsp3) is 0.667. The van der Waals surface area contributed by atoms with Crippen molar-refractivity contribution in [2.24, 2.45) is 11.3 Å². The Balaban J connectivity index is 0.00000144. The van der Waals surface area contributed by atoms with Crippen LogP contribution in [0, 0.1) is 17.4 Å². The van der Waals surface area contributed by atoms with E-state index in [0.717, 1.165) is 6.42 Å². The van der Waals surface area contributed by atoms with Gasteiger partial charge in [-0.25, -0.2) is 17.7 Å². The van der Waals surface area contributed by atoms with Crippen molar-refractivity contribution >= 4 is 0 Å². The van der Waals surface area contributed by atoms with Gasteiger partial charge in [0.15, 0.2) is 0 Å². The first-order valence-corrected chi connectivity index (χ1v) is 4.74. The molecule has 0 amide bonds. The van der Waals surface area contributed by atoms with Gasteiger partial charge in [-0.05, 0) is 5.41 Å². The van der Waals surface area contributed by atoms with Crippen LogP contribution in [0.25, 0.3) is 0 Å². The Morgan fingerprint density at radius 3 is 2.08 bits per heavy atom. The van der Waals surface area contributed by atoms with Crippen molar-refractivity contribution in [1.29, 1.82) is 0 Å². The van der Waals surface area contributed by atoms with Crippen molar-refractivity contribution in [3.63, 3.8) is 0 Å². The van der Waals surface area contributed by atoms with Crippen LogP contribution in [-0.2, 0) is 0 Å². The van der Waals surface area contributed by atoms with Crippen molar-refractivity contribution in [3.8, 4) is 0 Å². The van der Waals surface area contributed by atoms with Gasteiger partial charge < -0.3 is 0 Å². The Hall–Kier alpha value is 0.0774. The summed E-state index contributed by atoms with van der Waals surface area (Å²) in [5, 5.41) is 0. The van der Waals surface area contributed by atoms with E-state index in [1.54, 1.807) is 0 Å². The zero-order valence-electron chi connectivity index (χ0n) is 9.86. The van der Waals surface area contributed by atoms with Crippen LogP contribution in [-0.4, -0.2) is 0 Å². The van der Waals surface area contributed by atoms with Gasteiger partial charge in [-0.15, -0.1) is 0 Å². The predicted molar refractivity (Wildman–Crippen MR) is 53.7 cm³/mol. The minimum absolute atomic E-state index is 0. The van der Waals surface area contributed by atoms with E-state index in [1.807, 2.05) is 0 Å². The van der Waals surface area contributed by atoms with Crippen molar-refractivity contribution in [2.75, 3.05) is 0 Å². The van der Waals surface area contributed by atoms with Crippen molar-refractivity contribution in [1.82, 2.24) is 0 Å². The first kappa shape index (κ1) is 13.1. The molecule has 0 saturated carbocycles. The van der Waals surface area contributed by atoms with E-state index in [4.69, 9.17) is 0 Å². The maximum absolute atomic E-state index is 3.51. The zero-order chi connectivity index (χ0) is 9.35. The van der Waals surface area contributed by atoms with Gasteiger partial charge in [0, 0.05) is 0 Å². The largest absolute Gasteiger partial charge is 1.00 e. The molecule has 0 heterocycles. The number of rotatable bonds is 1. The number of hydrogen-bond acceptors (Lipinski definition) is 0. The normalized spacial score (nSPS) is 16.8. The Bertz CT molecular complexity index is 226. The van der Waals surface area contributed by atoms with Gasteiger partial charge in [0.25, 0.3) is 0 Å². The molecule has 0 fully saturated rings. The van der Waals surface area contributed by atoms with E-state index in [2.05, 4.69) is 46.8 Å². The van der Waals surface area contributed by atoms with Crippen molar-refractivity contribution < 1.29 is 18.9 Å². The molecule has 68 valence electrons. The Labute approximate surface area is 94.7 Å². The van der Waals surface area contributed by atoms with E-state index in [0.29, 0.717) is 11.3 Å². The third kappa shape index (κ3) is 3.37. The Kier molecular flexibility index (Phi) is 4.56. The molecule has 0 aliphatic heterocycles. The molecule has 0 N–H and O–H groups in total. The van der Waals surface area contributed by atoms with Crippen LogP contribution >= 0.6 is 0 Å². The van der Waals surface area contributed by atoms with Gasteiger partial charge in [0.1, 0.15) is 0 Å². The maximum Gasteiger partial charge on any atom is 1.00 e. The molecule has 0 saturated heterocycles. The fourth-order valence-electron chi connectivity index (χ4n) is 1.36. The van der Waals surface area contributed by atoms with E-state index < -0.39 is 0 Å². The van der Waals surface area contributed by atoms with Gasteiger partial charge in [0.05, 0.1) is 0 Å². The second-order valence-electron chi connectivity index (χ2n) is 4.87. The van der Waals surface area contributed by atoms with Gasteiger partial charge in [-0.2, -0.15) is 5.57 Å². The van der Waals surface area contributed by atoms with E-state index in [1.165, 1.54) is 11.1 Å². The Morgan fingerprint density at radius 2 is 1.85 bits per heavy atom. The Morgan fingerprint density at radius 1 is 1.31 bits per heavy atom. The molecule has 0 unspecified atom stereocenters. The number of hydrogen-bond donors (Lipinski definition) is 0. The minimum atomic E-state index is 0. The third-order valence-electron chi connectivity index (χ3n) is 2.35. The predicted octanol–water partition coefficient (Wildman–Crippen LogP) is 0.752. The molecule has 0 atom stereocenters. The maximum atomic E-state index is 3.51. The molecule has 0 aromatic rings. The average molecular weight is 170 g/mol. The third-order valence-corrected chi connectivity index (χ3v) is 2.35. The summed E-state index contributed by atoms with van der Waals surface area (Å²) in [7, 11) is 0. The number of allylic oxidation sites excluding steroid dienone is 4. The molecule has 0 aromatic carbocycles. The van der Waals surface area contributed by atoms with Crippen LogP contribution in [0.3, 0.4) is 0 Å². The quantitative estimate of drug-likeness (QED) is 0.402. The summed E-state index contributed by atoms with van der Waals surface area (Å²) in [6.45, 7) is 11.2. The molecule has 0 aromatic heterocycles. The van der Waals surface area contributed by atoms with Crippen LogP contribution < -0.4 is 18.9 Å². The summed E-state index contributed by atoms with van der Waals surface area (Å²) in [4.78, 5) is 0. The molecule has 1 aliphatic carbocycles. The van der Waals surface area contributed by atoms with Crippen molar-refractivity contribution in [2.45, 2.75) is 41.0 Å². The van der Waals surface area contributed by atoms with E-state index in [9.17, 15) is 0 Å². The van der Waals surface area contributed by atoms with Crippen LogP contribution in [0.4, 0.5) is 0 Å². The molecule has 0 bridgehead atoms.